The number of aryl methyl sites for hydroxylation is 1. The Labute approximate surface area is 204 Å². The van der Waals surface area contributed by atoms with Gasteiger partial charge in [-0.2, -0.15) is 5.26 Å². The Morgan fingerprint density at radius 1 is 1.20 bits per heavy atom. The van der Waals surface area contributed by atoms with Crippen LogP contribution in [0.1, 0.15) is 38.6 Å². The van der Waals surface area contributed by atoms with Crippen LogP contribution in [0.4, 0.5) is 5.69 Å². The van der Waals surface area contributed by atoms with E-state index in [1.807, 2.05) is 32.9 Å². The molecule has 35 heavy (non-hydrogen) atoms. The number of anilines is 1. The minimum absolute atomic E-state index is 0.0969. The van der Waals surface area contributed by atoms with Crippen LogP contribution in [0.25, 0.3) is 11.0 Å². The van der Waals surface area contributed by atoms with Gasteiger partial charge in [0.05, 0.1) is 41.9 Å². The van der Waals surface area contributed by atoms with Crippen molar-refractivity contribution in [2.45, 2.75) is 52.1 Å². The predicted octanol–water partition coefficient (Wildman–Crippen LogP) is 3.19. The van der Waals surface area contributed by atoms with Gasteiger partial charge < -0.3 is 23.7 Å². The van der Waals surface area contributed by atoms with E-state index < -0.39 is 0 Å². The highest BCUT2D eigenvalue weighted by Crippen LogP contribution is 2.28. The molecule has 1 fully saturated rings. The Morgan fingerprint density at radius 3 is 2.71 bits per heavy atom. The Kier molecular flexibility index (Phi) is 7.63. The molecule has 0 aliphatic carbocycles. The molecule has 0 amide bonds. The maximum absolute atomic E-state index is 12.6. The first-order valence-corrected chi connectivity index (χ1v) is 11.9. The third-order valence-electron chi connectivity index (χ3n) is 6.02. The van der Waals surface area contributed by atoms with Crippen LogP contribution in [0, 0.1) is 11.3 Å². The molecule has 1 saturated heterocycles. The lowest BCUT2D eigenvalue weighted by Gasteiger charge is -2.39. The van der Waals surface area contributed by atoms with Gasteiger partial charge in [0.1, 0.15) is 29.1 Å². The summed E-state index contributed by atoms with van der Waals surface area (Å²) >= 11 is 0. The van der Waals surface area contributed by atoms with Gasteiger partial charge in [-0.1, -0.05) is 0 Å². The van der Waals surface area contributed by atoms with Gasteiger partial charge in [-0.3, -0.25) is 9.78 Å². The number of hydrogen-bond acceptors (Lipinski definition) is 8. The van der Waals surface area contributed by atoms with E-state index in [1.54, 1.807) is 36.0 Å². The average molecular weight is 478 g/mol. The quantitative estimate of drug-likeness (QED) is 0.487. The van der Waals surface area contributed by atoms with Crippen molar-refractivity contribution >= 4 is 16.7 Å². The maximum Gasteiger partial charge on any atom is 0.252 e. The highest BCUT2D eigenvalue weighted by Gasteiger charge is 2.32. The Balaban J connectivity index is 1.51. The molecule has 0 spiro atoms. The van der Waals surface area contributed by atoms with Gasteiger partial charge in [0.2, 0.25) is 0 Å². The number of aromatic nitrogens is 3. The van der Waals surface area contributed by atoms with E-state index in [4.69, 9.17) is 14.2 Å². The van der Waals surface area contributed by atoms with E-state index >= 15 is 0 Å². The standard InChI is InChI=1S/C26H31N5O4/c1-5-33-24-15-31(22-12-25(32)30(4)21-9-7-18(13-27)29-26(21)22)11-10-23(24)34-16-19-6-8-20(14-28-19)35-17(2)3/h6-9,12,14,17,23-24H,5,10-11,15-16H2,1-4H3/t23-,24-/m0/s1. The number of nitriles is 1. The van der Waals surface area contributed by atoms with Gasteiger partial charge in [-0.25, -0.2) is 4.98 Å². The third kappa shape index (κ3) is 5.61. The van der Waals surface area contributed by atoms with Crippen LogP contribution in [0.3, 0.4) is 0 Å². The molecule has 0 radical (unpaired) electrons. The first kappa shape index (κ1) is 24.6. The Hall–Kier alpha value is -3.48. The van der Waals surface area contributed by atoms with Crippen LogP contribution in [-0.2, 0) is 23.1 Å². The molecular weight excluding hydrogens is 446 g/mol. The molecule has 9 heteroatoms. The molecule has 1 aliphatic rings. The summed E-state index contributed by atoms with van der Waals surface area (Å²) in [7, 11) is 1.71. The van der Waals surface area contributed by atoms with Crippen LogP contribution in [0.5, 0.6) is 5.75 Å². The minimum atomic E-state index is -0.185. The van der Waals surface area contributed by atoms with Gasteiger partial charge in [-0.05, 0) is 51.5 Å². The molecule has 0 unspecified atom stereocenters. The molecule has 3 aromatic rings. The van der Waals surface area contributed by atoms with E-state index in [0.29, 0.717) is 55.1 Å². The van der Waals surface area contributed by atoms with Gasteiger partial charge in [0, 0.05) is 32.8 Å². The molecule has 9 nitrogen and oxygen atoms in total. The minimum Gasteiger partial charge on any atom is -0.489 e. The molecule has 1 aliphatic heterocycles. The zero-order valence-corrected chi connectivity index (χ0v) is 20.6. The monoisotopic (exact) mass is 477 g/mol. The number of hydrogen-bond donors (Lipinski definition) is 0. The van der Waals surface area contributed by atoms with E-state index in [-0.39, 0.29) is 23.9 Å². The summed E-state index contributed by atoms with van der Waals surface area (Å²) in [5.74, 6) is 0.735. The van der Waals surface area contributed by atoms with E-state index in [2.05, 4.69) is 20.9 Å². The molecule has 3 aromatic heterocycles. The van der Waals surface area contributed by atoms with E-state index in [0.717, 1.165) is 11.4 Å². The molecule has 4 heterocycles. The molecule has 0 bridgehead atoms. The van der Waals surface area contributed by atoms with Crippen molar-refractivity contribution in [3.05, 3.63) is 58.3 Å². The van der Waals surface area contributed by atoms with Gasteiger partial charge in [0.15, 0.2) is 0 Å². The normalized spacial score (nSPS) is 18.1. The molecule has 2 atom stereocenters. The number of nitrogens with zero attached hydrogens (tertiary/aromatic N) is 5. The average Bonchev–Trinajstić information content (AvgIpc) is 2.86. The molecular formula is C26H31N5O4. The van der Waals surface area contributed by atoms with Crippen molar-refractivity contribution in [3.63, 3.8) is 0 Å². The lowest BCUT2D eigenvalue weighted by Crippen LogP contribution is -2.49. The fourth-order valence-corrected chi connectivity index (χ4v) is 4.32. The summed E-state index contributed by atoms with van der Waals surface area (Å²) in [6, 6.07) is 10.9. The molecule has 0 N–H and O–H groups in total. The largest absolute Gasteiger partial charge is 0.489 e. The fraction of sp³-hybridized carbons (Fsp3) is 0.462. The third-order valence-corrected chi connectivity index (χ3v) is 6.02. The molecule has 184 valence electrons. The van der Waals surface area contributed by atoms with Crippen molar-refractivity contribution in [3.8, 4) is 11.8 Å². The van der Waals surface area contributed by atoms with E-state index in [1.165, 1.54) is 0 Å². The van der Waals surface area contributed by atoms with Crippen molar-refractivity contribution < 1.29 is 14.2 Å². The lowest BCUT2D eigenvalue weighted by molar-refractivity contribution is -0.0842. The summed E-state index contributed by atoms with van der Waals surface area (Å²) < 4.78 is 19.5. The summed E-state index contributed by atoms with van der Waals surface area (Å²) in [6.45, 7) is 8.05. The highest BCUT2D eigenvalue weighted by molar-refractivity contribution is 5.88. The SMILES string of the molecule is CCO[C@H]1CN(c2cc(=O)n(C)c3ccc(C#N)nc23)CC[C@@H]1OCc1ccc(OC(C)C)cn1. The van der Waals surface area contributed by atoms with Gasteiger partial charge in [0.25, 0.3) is 5.56 Å². The van der Waals surface area contributed by atoms with Crippen LogP contribution < -0.4 is 15.2 Å². The van der Waals surface area contributed by atoms with Crippen molar-refractivity contribution in [2.75, 3.05) is 24.6 Å². The second-order valence-electron chi connectivity index (χ2n) is 8.83. The molecule has 4 rings (SSSR count). The Morgan fingerprint density at radius 2 is 2.03 bits per heavy atom. The van der Waals surface area contributed by atoms with Gasteiger partial charge in [-0.15, -0.1) is 0 Å². The first-order chi connectivity index (χ1) is 16.9. The smallest absolute Gasteiger partial charge is 0.252 e. The van der Waals surface area contributed by atoms with Crippen LogP contribution in [-0.4, -0.2) is 52.5 Å². The van der Waals surface area contributed by atoms with Crippen LogP contribution >= 0.6 is 0 Å². The molecule has 0 saturated carbocycles. The lowest BCUT2D eigenvalue weighted by atomic mass is 10.0. The Bertz CT molecular complexity index is 1270. The predicted molar refractivity (Wildman–Crippen MR) is 133 cm³/mol. The second-order valence-corrected chi connectivity index (χ2v) is 8.83. The summed E-state index contributed by atoms with van der Waals surface area (Å²) in [4.78, 5) is 23.7. The van der Waals surface area contributed by atoms with Gasteiger partial charge >= 0.3 is 0 Å². The highest BCUT2D eigenvalue weighted by atomic mass is 16.5. The number of pyridine rings is 3. The summed E-state index contributed by atoms with van der Waals surface area (Å²) in [6.07, 6.45) is 2.23. The van der Waals surface area contributed by atoms with Crippen molar-refractivity contribution in [1.82, 2.24) is 14.5 Å². The van der Waals surface area contributed by atoms with Crippen molar-refractivity contribution in [2.24, 2.45) is 7.05 Å². The number of ether oxygens (including phenoxy) is 3. The summed E-state index contributed by atoms with van der Waals surface area (Å²) in [5.41, 5.74) is 3.05. The van der Waals surface area contributed by atoms with Crippen LogP contribution in [0.15, 0.2) is 41.3 Å². The summed E-state index contributed by atoms with van der Waals surface area (Å²) in [5, 5.41) is 9.33. The number of fused-ring (bicyclic) bond motifs is 1. The maximum atomic E-state index is 12.6. The topological polar surface area (TPSA) is 103 Å². The number of piperidine rings is 1. The zero-order chi connectivity index (χ0) is 24.9. The first-order valence-electron chi connectivity index (χ1n) is 11.9. The van der Waals surface area contributed by atoms with Crippen molar-refractivity contribution in [1.29, 1.82) is 5.26 Å². The second kappa shape index (κ2) is 10.8. The number of rotatable bonds is 8. The fourth-order valence-electron chi connectivity index (χ4n) is 4.32. The van der Waals surface area contributed by atoms with E-state index in [9.17, 15) is 10.1 Å². The van der Waals surface area contributed by atoms with Crippen LogP contribution in [0.2, 0.25) is 0 Å². The molecule has 0 aromatic carbocycles. The zero-order valence-electron chi connectivity index (χ0n) is 20.6.